The number of rotatable bonds is 10. The van der Waals surface area contributed by atoms with E-state index >= 15 is 0 Å². The maximum absolute atomic E-state index is 11.6. The van der Waals surface area contributed by atoms with E-state index in [1.807, 2.05) is 0 Å². The summed E-state index contributed by atoms with van der Waals surface area (Å²) in [5.41, 5.74) is 10.1. The lowest BCUT2D eigenvalue weighted by Crippen LogP contribution is -2.27. The van der Waals surface area contributed by atoms with Crippen LogP contribution in [0.25, 0.3) is 54.6 Å². The summed E-state index contributed by atoms with van der Waals surface area (Å²) in [5, 5.41) is 7.88. The first-order valence-electron chi connectivity index (χ1n) is 17.2. The standard InChI is InChI=1S/C45H43BrO2/c1-7-28(3)45(22-10-9-11-23-48-41(47)8-2)39-26-30(15-19-36(39)37-21-17-34(46)27-40(37)45)35-18-14-29-12-13-31-24-33(44(4,5)6)25-32-16-20-38(35)43(29)42(31)32/h8,12-21,24-27H,2-3,7,9-11,22-23H2,1,4-6H3. The Morgan fingerprint density at radius 2 is 1.44 bits per heavy atom. The van der Waals surface area contributed by atoms with Crippen LogP contribution in [0.3, 0.4) is 0 Å². The quantitative estimate of drug-likeness (QED) is 0.0469. The van der Waals surface area contributed by atoms with Crippen LogP contribution in [0, 0.1) is 0 Å². The van der Waals surface area contributed by atoms with Crippen LogP contribution in [-0.2, 0) is 20.4 Å². The highest BCUT2D eigenvalue weighted by Crippen LogP contribution is 2.57. The summed E-state index contributed by atoms with van der Waals surface area (Å²) in [6.45, 7) is 17.8. The van der Waals surface area contributed by atoms with Gasteiger partial charge in [-0.1, -0.05) is 142 Å². The molecule has 48 heavy (non-hydrogen) atoms. The van der Waals surface area contributed by atoms with Gasteiger partial charge >= 0.3 is 5.97 Å². The summed E-state index contributed by atoms with van der Waals surface area (Å²) in [6.07, 6.45) is 5.85. The molecule has 2 nitrogen and oxygen atoms in total. The molecular formula is C45H43BrO2. The van der Waals surface area contributed by atoms with Crippen LogP contribution in [0.2, 0.25) is 0 Å². The zero-order valence-electron chi connectivity index (χ0n) is 28.5. The normalized spacial score (nSPS) is 15.6. The van der Waals surface area contributed by atoms with Gasteiger partial charge in [-0.15, -0.1) is 0 Å². The van der Waals surface area contributed by atoms with Crippen molar-refractivity contribution in [3.8, 4) is 22.3 Å². The number of fused-ring (bicyclic) bond motifs is 3. The Bertz CT molecular complexity index is 2210. The smallest absolute Gasteiger partial charge is 0.330 e. The summed E-state index contributed by atoms with van der Waals surface area (Å²) in [5.74, 6) is -0.358. The van der Waals surface area contributed by atoms with Gasteiger partial charge in [-0.25, -0.2) is 4.79 Å². The van der Waals surface area contributed by atoms with Crippen molar-refractivity contribution >= 4 is 54.2 Å². The molecule has 6 aromatic rings. The minimum atomic E-state index is -0.358. The molecule has 1 atom stereocenters. The molecular weight excluding hydrogens is 652 g/mol. The predicted molar refractivity (Wildman–Crippen MR) is 207 cm³/mol. The molecule has 1 unspecified atom stereocenters. The number of carbonyl (C=O) groups is 1. The molecule has 0 amide bonds. The maximum atomic E-state index is 11.6. The Labute approximate surface area is 293 Å². The molecule has 0 N–H and O–H groups in total. The lowest BCUT2D eigenvalue weighted by atomic mass is 9.68. The summed E-state index contributed by atoms with van der Waals surface area (Å²) in [6, 6.07) is 32.4. The fraction of sp³-hybridized carbons (Fsp3) is 0.267. The van der Waals surface area contributed by atoms with Crippen LogP contribution in [0.15, 0.2) is 114 Å². The molecule has 6 aromatic carbocycles. The zero-order chi connectivity index (χ0) is 33.8. The third-order valence-electron chi connectivity index (χ3n) is 10.6. The van der Waals surface area contributed by atoms with Crippen molar-refractivity contribution in [1.29, 1.82) is 0 Å². The Kier molecular flexibility index (Phi) is 8.32. The van der Waals surface area contributed by atoms with Gasteiger partial charge in [0.1, 0.15) is 0 Å². The van der Waals surface area contributed by atoms with Gasteiger partial charge in [0.25, 0.3) is 0 Å². The summed E-state index contributed by atoms with van der Waals surface area (Å²) in [4.78, 5) is 11.6. The molecule has 3 heteroatoms. The molecule has 0 fully saturated rings. The number of allylic oxidation sites excluding steroid dienone is 1. The average molecular weight is 696 g/mol. The summed E-state index contributed by atoms with van der Waals surface area (Å²) >= 11 is 3.79. The van der Waals surface area contributed by atoms with Crippen molar-refractivity contribution < 1.29 is 9.53 Å². The van der Waals surface area contributed by atoms with Crippen LogP contribution in [0.4, 0.5) is 0 Å². The number of hydrogen-bond acceptors (Lipinski definition) is 2. The van der Waals surface area contributed by atoms with Crippen molar-refractivity contribution in [2.75, 3.05) is 6.61 Å². The Morgan fingerprint density at radius 3 is 2.15 bits per heavy atom. The van der Waals surface area contributed by atoms with E-state index in [1.54, 1.807) is 0 Å². The highest BCUT2D eigenvalue weighted by molar-refractivity contribution is 9.10. The van der Waals surface area contributed by atoms with Gasteiger partial charge in [-0.2, -0.15) is 0 Å². The number of benzene rings is 6. The number of esters is 1. The fourth-order valence-electron chi connectivity index (χ4n) is 8.08. The van der Waals surface area contributed by atoms with Crippen LogP contribution in [0.1, 0.15) is 76.5 Å². The van der Waals surface area contributed by atoms with Gasteiger partial charge < -0.3 is 4.74 Å². The highest BCUT2D eigenvalue weighted by Gasteiger charge is 2.44. The first-order chi connectivity index (χ1) is 23.1. The van der Waals surface area contributed by atoms with Gasteiger partial charge in [0.2, 0.25) is 0 Å². The molecule has 0 radical (unpaired) electrons. The first kappa shape index (κ1) is 32.3. The topological polar surface area (TPSA) is 26.3 Å². The number of hydrogen-bond donors (Lipinski definition) is 0. The molecule has 0 bridgehead atoms. The van der Waals surface area contributed by atoms with Gasteiger partial charge in [0.15, 0.2) is 0 Å². The van der Waals surface area contributed by atoms with E-state index in [1.165, 1.54) is 82.9 Å². The molecule has 0 heterocycles. The summed E-state index contributed by atoms with van der Waals surface area (Å²) < 4.78 is 6.35. The molecule has 0 aliphatic heterocycles. The SMILES string of the molecule is C=CC(=O)OCCCCCC1(C(=C)CC)c2cc(Br)ccc2-c2ccc(-c3ccc4ccc5cc(C(C)(C)C)cc6ccc3c4c56)cc21. The highest BCUT2D eigenvalue weighted by atomic mass is 79.9. The number of ether oxygens (including phenoxy) is 1. The monoisotopic (exact) mass is 694 g/mol. The molecule has 242 valence electrons. The third kappa shape index (κ3) is 5.28. The van der Waals surface area contributed by atoms with Crippen molar-refractivity contribution in [3.63, 3.8) is 0 Å². The van der Waals surface area contributed by atoms with E-state index in [0.717, 1.165) is 36.6 Å². The Balaban J connectivity index is 1.36. The molecule has 0 spiro atoms. The van der Waals surface area contributed by atoms with Gasteiger partial charge in [0, 0.05) is 16.0 Å². The van der Waals surface area contributed by atoms with E-state index < -0.39 is 0 Å². The van der Waals surface area contributed by atoms with E-state index in [0.29, 0.717) is 6.61 Å². The Morgan fingerprint density at radius 1 is 0.792 bits per heavy atom. The third-order valence-corrected chi connectivity index (χ3v) is 11.1. The molecule has 0 saturated carbocycles. The first-order valence-corrected chi connectivity index (χ1v) is 18.0. The van der Waals surface area contributed by atoms with Crippen molar-refractivity contribution in [3.05, 3.63) is 131 Å². The van der Waals surface area contributed by atoms with Crippen LogP contribution < -0.4 is 0 Å². The van der Waals surface area contributed by atoms with Crippen molar-refractivity contribution in [1.82, 2.24) is 0 Å². The maximum Gasteiger partial charge on any atom is 0.330 e. The molecule has 1 aliphatic carbocycles. The van der Waals surface area contributed by atoms with Crippen LogP contribution in [-0.4, -0.2) is 12.6 Å². The van der Waals surface area contributed by atoms with Gasteiger partial charge in [0.05, 0.1) is 6.61 Å². The number of halogens is 1. The van der Waals surface area contributed by atoms with Gasteiger partial charge in [-0.05, 0) is 114 Å². The predicted octanol–water partition coefficient (Wildman–Crippen LogP) is 12.8. The lowest BCUT2D eigenvalue weighted by molar-refractivity contribution is -0.137. The second-order valence-corrected chi connectivity index (χ2v) is 15.3. The molecule has 7 rings (SSSR count). The number of carbonyl (C=O) groups excluding carboxylic acids is 1. The second kappa shape index (κ2) is 12.3. The molecule has 0 aromatic heterocycles. The molecule has 1 aliphatic rings. The van der Waals surface area contributed by atoms with Crippen LogP contribution in [0.5, 0.6) is 0 Å². The van der Waals surface area contributed by atoms with E-state index in [9.17, 15) is 4.79 Å². The minimum absolute atomic E-state index is 0.0838. The number of unbranched alkanes of at least 4 members (excludes halogenated alkanes) is 2. The van der Waals surface area contributed by atoms with E-state index in [2.05, 4.69) is 135 Å². The minimum Gasteiger partial charge on any atom is -0.463 e. The largest absolute Gasteiger partial charge is 0.463 e. The van der Waals surface area contributed by atoms with Crippen molar-refractivity contribution in [2.24, 2.45) is 0 Å². The fourth-order valence-corrected chi connectivity index (χ4v) is 8.44. The second-order valence-electron chi connectivity index (χ2n) is 14.4. The zero-order valence-corrected chi connectivity index (χ0v) is 30.1. The van der Waals surface area contributed by atoms with E-state index in [4.69, 9.17) is 11.3 Å². The van der Waals surface area contributed by atoms with Gasteiger partial charge in [-0.3, -0.25) is 0 Å². The summed E-state index contributed by atoms with van der Waals surface area (Å²) in [7, 11) is 0. The van der Waals surface area contributed by atoms with Crippen molar-refractivity contribution in [2.45, 2.75) is 70.6 Å². The van der Waals surface area contributed by atoms with Crippen LogP contribution >= 0.6 is 15.9 Å². The van der Waals surface area contributed by atoms with E-state index in [-0.39, 0.29) is 16.8 Å². The molecule has 0 saturated heterocycles. The lowest BCUT2D eigenvalue weighted by Gasteiger charge is -2.35. The average Bonchev–Trinajstić information content (AvgIpc) is 3.36. The Hall–Kier alpha value is -4.21.